The minimum Gasteiger partial charge on any atom is -0.441 e. The zero-order chi connectivity index (χ0) is 19.4. The monoisotopic (exact) mass is 382 g/mol. The number of carbonyl (C=O) groups excluding carboxylic acids is 1. The number of hydrogen-bond donors (Lipinski definition) is 1. The molecule has 0 radical (unpaired) electrons. The molecule has 3 heterocycles. The summed E-state index contributed by atoms with van der Waals surface area (Å²) in [4.78, 5) is 25.8. The Morgan fingerprint density at radius 3 is 2.74 bits per heavy atom. The van der Waals surface area contributed by atoms with Crippen LogP contribution in [0.2, 0.25) is 0 Å². The van der Waals surface area contributed by atoms with E-state index in [4.69, 9.17) is 4.42 Å². The van der Waals surface area contributed by atoms with Gasteiger partial charge in [-0.25, -0.2) is 9.97 Å². The van der Waals surface area contributed by atoms with Crippen LogP contribution in [0.25, 0.3) is 12.2 Å². The van der Waals surface area contributed by atoms with Crippen LogP contribution >= 0.6 is 11.3 Å². The fraction of sp³-hybridized carbons (Fsp3) is 0.300. The van der Waals surface area contributed by atoms with Gasteiger partial charge in [-0.1, -0.05) is 38.2 Å². The number of hydrogen-bond acceptors (Lipinski definition) is 6. The first kappa shape index (κ1) is 19.0. The first-order valence-electron chi connectivity index (χ1n) is 8.62. The van der Waals surface area contributed by atoms with E-state index in [2.05, 4.69) is 41.0 Å². The van der Waals surface area contributed by atoms with Gasteiger partial charge in [0.15, 0.2) is 5.13 Å². The Bertz CT molecular complexity index is 966. The summed E-state index contributed by atoms with van der Waals surface area (Å²) in [5.74, 6) is 1.27. The number of amides is 1. The number of aromatic nitrogens is 3. The summed E-state index contributed by atoms with van der Waals surface area (Å²) in [6, 6.07) is 3.73. The minimum atomic E-state index is -0.113. The first-order valence-corrected chi connectivity index (χ1v) is 9.43. The van der Waals surface area contributed by atoms with Crippen molar-refractivity contribution in [2.45, 2.75) is 39.5 Å². The van der Waals surface area contributed by atoms with E-state index < -0.39 is 0 Å². The molecule has 1 amide bonds. The molecule has 3 rings (SSSR count). The van der Waals surface area contributed by atoms with Crippen molar-refractivity contribution in [3.8, 4) is 0 Å². The third-order valence-electron chi connectivity index (χ3n) is 3.89. The quantitative estimate of drug-likeness (QED) is 0.703. The number of pyridine rings is 1. The predicted molar refractivity (Wildman–Crippen MR) is 108 cm³/mol. The van der Waals surface area contributed by atoms with Crippen LogP contribution in [0.3, 0.4) is 0 Å². The van der Waals surface area contributed by atoms with Crippen molar-refractivity contribution in [3.05, 3.63) is 58.5 Å². The lowest BCUT2D eigenvalue weighted by atomic mass is 9.94. The molecule has 0 atom stereocenters. The van der Waals surface area contributed by atoms with Crippen molar-refractivity contribution in [3.63, 3.8) is 0 Å². The highest BCUT2D eigenvalue weighted by atomic mass is 32.1. The Morgan fingerprint density at radius 1 is 1.22 bits per heavy atom. The Kier molecular flexibility index (Phi) is 5.51. The first-order chi connectivity index (χ1) is 12.8. The molecule has 3 aromatic rings. The number of oxazole rings is 1. The van der Waals surface area contributed by atoms with Crippen LogP contribution in [0.5, 0.6) is 0 Å². The number of carbonyl (C=O) groups is 1. The third kappa shape index (κ3) is 5.10. The number of nitrogens with one attached hydrogen (secondary N) is 1. The van der Waals surface area contributed by atoms with Crippen molar-refractivity contribution in [2.75, 3.05) is 5.32 Å². The molecular weight excluding hydrogens is 360 g/mol. The fourth-order valence-electron chi connectivity index (χ4n) is 2.33. The number of thiazole rings is 1. The summed E-state index contributed by atoms with van der Waals surface area (Å²) >= 11 is 1.39. The minimum absolute atomic E-state index is 0.0757. The van der Waals surface area contributed by atoms with E-state index in [0.29, 0.717) is 11.0 Å². The third-order valence-corrected chi connectivity index (χ3v) is 4.77. The molecule has 0 unspecified atom stereocenters. The van der Waals surface area contributed by atoms with Gasteiger partial charge in [0, 0.05) is 34.5 Å². The van der Waals surface area contributed by atoms with Crippen molar-refractivity contribution in [2.24, 2.45) is 0 Å². The SMILES string of the molecule is Cc1ncccc1CC(=O)Nc1ncc(C=Cc2ncc(C(C)(C)C)o2)s1. The van der Waals surface area contributed by atoms with Gasteiger partial charge in [-0.15, -0.1) is 0 Å². The van der Waals surface area contributed by atoms with Crippen LogP contribution in [-0.2, 0) is 16.6 Å². The molecule has 0 spiro atoms. The molecular formula is C20H22N4O2S. The lowest BCUT2D eigenvalue weighted by Gasteiger charge is -2.12. The molecule has 0 saturated heterocycles. The van der Waals surface area contributed by atoms with Gasteiger partial charge in [0.25, 0.3) is 0 Å². The molecule has 1 N–H and O–H groups in total. The van der Waals surface area contributed by atoms with Crippen LogP contribution < -0.4 is 5.32 Å². The van der Waals surface area contributed by atoms with Crippen LogP contribution in [0.15, 0.2) is 35.1 Å². The van der Waals surface area contributed by atoms with E-state index in [1.807, 2.05) is 25.1 Å². The molecule has 0 aliphatic heterocycles. The maximum atomic E-state index is 12.2. The van der Waals surface area contributed by atoms with E-state index >= 15 is 0 Å². The fourth-order valence-corrected chi connectivity index (χ4v) is 3.06. The van der Waals surface area contributed by atoms with Crippen molar-refractivity contribution in [1.82, 2.24) is 15.0 Å². The summed E-state index contributed by atoms with van der Waals surface area (Å²) in [5, 5.41) is 3.39. The largest absolute Gasteiger partial charge is 0.441 e. The molecule has 0 aliphatic carbocycles. The Morgan fingerprint density at radius 2 is 2.04 bits per heavy atom. The highest BCUT2D eigenvalue weighted by molar-refractivity contribution is 7.16. The number of aryl methyl sites for hydroxylation is 1. The summed E-state index contributed by atoms with van der Waals surface area (Å²) < 4.78 is 5.73. The maximum Gasteiger partial charge on any atom is 0.230 e. The van der Waals surface area contributed by atoms with Gasteiger partial charge in [-0.2, -0.15) is 0 Å². The molecule has 6 nitrogen and oxygen atoms in total. The van der Waals surface area contributed by atoms with Gasteiger partial charge in [0.2, 0.25) is 11.8 Å². The molecule has 0 aromatic carbocycles. The number of nitrogens with zero attached hydrogens (tertiary/aromatic N) is 3. The normalized spacial score (nSPS) is 11.9. The van der Waals surface area contributed by atoms with E-state index in [1.54, 1.807) is 24.7 Å². The topological polar surface area (TPSA) is 80.9 Å². The zero-order valence-electron chi connectivity index (χ0n) is 15.8. The van der Waals surface area contributed by atoms with Crippen molar-refractivity contribution in [1.29, 1.82) is 0 Å². The second-order valence-electron chi connectivity index (χ2n) is 7.19. The van der Waals surface area contributed by atoms with E-state index in [9.17, 15) is 4.79 Å². The van der Waals surface area contributed by atoms with Gasteiger partial charge in [0.05, 0.1) is 12.6 Å². The molecule has 0 fully saturated rings. The predicted octanol–water partition coefficient (Wildman–Crippen LogP) is 4.48. The smallest absolute Gasteiger partial charge is 0.230 e. The van der Waals surface area contributed by atoms with E-state index in [-0.39, 0.29) is 17.7 Å². The molecule has 3 aromatic heterocycles. The van der Waals surface area contributed by atoms with Crippen LogP contribution in [0, 0.1) is 6.92 Å². The van der Waals surface area contributed by atoms with Gasteiger partial charge < -0.3 is 9.73 Å². The van der Waals surface area contributed by atoms with Gasteiger partial charge in [-0.3, -0.25) is 9.78 Å². The van der Waals surface area contributed by atoms with Crippen LogP contribution in [0.1, 0.15) is 48.6 Å². The summed E-state index contributed by atoms with van der Waals surface area (Å²) in [6.07, 6.45) is 9.12. The highest BCUT2D eigenvalue weighted by Crippen LogP contribution is 2.24. The maximum absolute atomic E-state index is 12.2. The molecule has 0 aliphatic rings. The average Bonchev–Trinajstić information content (AvgIpc) is 3.24. The summed E-state index contributed by atoms with van der Waals surface area (Å²) in [7, 11) is 0. The number of anilines is 1. The lowest BCUT2D eigenvalue weighted by molar-refractivity contribution is -0.115. The molecule has 140 valence electrons. The Hall–Kier alpha value is -2.80. The second-order valence-corrected chi connectivity index (χ2v) is 8.25. The zero-order valence-corrected chi connectivity index (χ0v) is 16.6. The van der Waals surface area contributed by atoms with Crippen molar-refractivity contribution < 1.29 is 9.21 Å². The Labute approximate surface area is 162 Å². The molecule has 7 heteroatoms. The van der Waals surface area contributed by atoms with Crippen molar-refractivity contribution >= 4 is 34.5 Å². The summed E-state index contributed by atoms with van der Waals surface area (Å²) in [6.45, 7) is 8.12. The van der Waals surface area contributed by atoms with Crippen LogP contribution in [0.4, 0.5) is 5.13 Å². The average molecular weight is 382 g/mol. The molecule has 0 bridgehead atoms. The van der Waals surface area contributed by atoms with Gasteiger partial charge in [-0.05, 0) is 24.6 Å². The lowest BCUT2D eigenvalue weighted by Crippen LogP contribution is -2.15. The standard InChI is InChI=1S/C20H22N4O2S/c1-13-14(6-5-9-21-13)10-17(25)24-19-23-11-15(27-19)7-8-18-22-12-16(26-18)20(2,3)4/h5-9,11-12H,10H2,1-4H3,(H,23,24,25). The Balaban J connectivity index is 1.60. The van der Waals surface area contributed by atoms with Crippen LogP contribution in [-0.4, -0.2) is 20.9 Å². The van der Waals surface area contributed by atoms with E-state index in [0.717, 1.165) is 21.9 Å². The highest BCUT2D eigenvalue weighted by Gasteiger charge is 2.18. The molecule has 0 saturated carbocycles. The van der Waals surface area contributed by atoms with Gasteiger partial charge in [0.1, 0.15) is 5.76 Å². The van der Waals surface area contributed by atoms with E-state index in [1.165, 1.54) is 11.3 Å². The summed E-state index contributed by atoms with van der Waals surface area (Å²) in [5.41, 5.74) is 1.69. The van der Waals surface area contributed by atoms with Gasteiger partial charge >= 0.3 is 0 Å². The number of rotatable bonds is 5. The molecule has 27 heavy (non-hydrogen) atoms. The second kappa shape index (κ2) is 7.84.